The van der Waals surface area contributed by atoms with E-state index in [9.17, 15) is 0 Å². The van der Waals surface area contributed by atoms with Crippen LogP contribution in [-0.2, 0) is 0 Å². The first kappa shape index (κ1) is 10.1. The molecule has 1 aromatic carbocycles. The molecule has 0 amide bonds. The molecule has 2 heteroatoms. The van der Waals surface area contributed by atoms with Crippen molar-refractivity contribution < 1.29 is 9.47 Å². The molecule has 15 heavy (non-hydrogen) atoms. The van der Waals surface area contributed by atoms with Gasteiger partial charge >= 0.3 is 0 Å². The molecule has 2 rings (SSSR count). The van der Waals surface area contributed by atoms with E-state index in [1.807, 2.05) is 18.2 Å². The van der Waals surface area contributed by atoms with Crippen molar-refractivity contribution in [3.63, 3.8) is 0 Å². The third-order valence-corrected chi connectivity index (χ3v) is 2.85. The van der Waals surface area contributed by atoms with Gasteiger partial charge in [0.25, 0.3) is 0 Å². The van der Waals surface area contributed by atoms with Crippen LogP contribution in [0.1, 0.15) is 24.8 Å². The molecule has 0 aromatic heterocycles. The minimum atomic E-state index is 0.406. The maximum Gasteiger partial charge on any atom is 0.123 e. The van der Waals surface area contributed by atoms with Crippen molar-refractivity contribution >= 4 is 0 Å². The molecule has 1 unspecified atom stereocenters. The van der Waals surface area contributed by atoms with Crippen molar-refractivity contribution in [3.05, 3.63) is 35.9 Å². The summed E-state index contributed by atoms with van der Waals surface area (Å²) in [4.78, 5) is 0. The van der Waals surface area contributed by atoms with Gasteiger partial charge in [0.2, 0.25) is 0 Å². The topological polar surface area (TPSA) is 18.5 Å². The Hall–Kier alpha value is -1.44. The average Bonchev–Trinajstić information content (AvgIpc) is 2.27. The Morgan fingerprint density at radius 2 is 2.33 bits per heavy atom. The number of ether oxygens (including phenoxy) is 2. The standard InChI is InChI=1S/C13H16O2/c1-9(2)11-6-7-15-13-5-4-10(14-3)8-12(11)13/h4-5,8,11H,1,6-7H2,2-3H3. The third-order valence-electron chi connectivity index (χ3n) is 2.85. The van der Waals surface area contributed by atoms with E-state index in [0.29, 0.717) is 5.92 Å². The molecule has 1 heterocycles. The number of methoxy groups -OCH3 is 1. The van der Waals surface area contributed by atoms with E-state index in [1.165, 1.54) is 11.1 Å². The minimum absolute atomic E-state index is 0.406. The Morgan fingerprint density at radius 3 is 3.00 bits per heavy atom. The predicted octanol–water partition coefficient (Wildman–Crippen LogP) is 3.14. The summed E-state index contributed by atoms with van der Waals surface area (Å²) in [6.45, 7) is 6.88. The molecule has 0 radical (unpaired) electrons. The van der Waals surface area contributed by atoms with Crippen molar-refractivity contribution in [1.29, 1.82) is 0 Å². The molecule has 0 N–H and O–H groups in total. The normalized spacial score (nSPS) is 18.9. The number of benzene rings is 1. The van der Waals surface area contributed by atoms with Crippen LogP contribution in [0.3, 0.4) is 0 Å². The highest BCUT2D eigenvalue weighted by atomic mass is 16.5. The molecule has 80 valence electrons. The van der Waals surface area contributed by atoms with Gasteiger partial charge in [-0.05, 0) is 31.5 Å². The van der Waals surface area contributed by atoms with E-state index in [4.69, 9.17) is 9.47 Å². The first-order chi connectivity index (χ1) is 7.22. The third kappa shape index (κ3) is 1.84. The van der Waals surface area contributed by atoms with Gasteiger partial charge in [0.1, 0.15) is 11.5 Å². The summed E-state index contributed by atoms with van der Waals surface area (Å²) >= 11 is 0. The molecule has 0 fully saturated rings. The molecule has 1 aliphatic rings. The lowest BCUT2D eigenvalue weighted by Crippen LogP contribution is -2.14. The monoisotopic (exact) mass is 204 g/mol. The van der Waals surface area contributed by atoms with Crippen LogP contribution < -0.4 is 9.47 Å². The lowest BCUT2D eigenvalue weighted by atomic mass is 9.88. The van der Waals surface area contributed by atoms with Gasteiger partial charge in [0, 0.05) is 11.5 Å². The smallest absolute Gasteiger partial charge is 0.123 e. The zero-order valence-corrected chi connectivity index (χ0v) is 9.25. The van der Waals surface area contributed by atoms with E-state index in [2.05, 4.69) is 13.5 Å². The molecular weight excluding hydrogens is 188 g/mol. The van der Waals surface area contributed by atoms with Crippen molar-refractivity contribution in [2.45, 2.75) is 19.3 Å². The van der Waals surface area contributed by atoms with E-state index in [1.54, 1.807) is 7.11 Å². The number of hydrogen-bond donors (Lipinski definition) is 0. The SMILES string of the molecule is C=C(C)C1CCOc2ccc(OC)cc21. The second-order valence-corrected chi connectivity index (χ2v) is 3.94. The Kier molecular flexibility index (Phi) is 2.67. The van der Waals surface area contributed by atoms with Gasteiger partial charge in [-0.15, -0.1) is 0 Å². The maximum atomic E-state index is 5.61. The van der Waals surface area contributed by atoms with Crippen molar-refractivity contribution in [1.82, 2.24) is 0 Å². The van der Waals surface area contributed by atoms with Crippen LogP contribution in [0.4, 0.5) is 0 Å². The highest BCUT2D eigenvalue weighted by Crippen LogP contribution is 2.39. The molecule has 0 spiro atoms. The molecular formula is C13H16O2. The average molecular weight is 204 g/mol. The zero-order chi connectivity index (χ0) is 10.8. The Morgan fingerprint density at radius 1 is 1.53 bits per heavy atom. The largest absolute Gasteiger partial charge is 0.497 e. The van der Waals surface area contributed by atoms with Crippen LogP contribution in [0.15, 0.2) is 30.4 Å². The van der Waals surface area contributed by atoms with Crippen molar-refractivity contribution in [2.24, 2.45) is 0 Å². The van der Waals surface area contributed by atoms with Gasteiger partial charge in [-0.1, -0.05) is 12.2 Å². The maximum absolute atomic E-state index is 5.61. The summed E-state index contributed by atoms with van der Waals surface area (Å²) < 4.78 is 10.8. The summed E-state index contributed by atoms with van der Waals surface area (Å²) in [7, 11) is 1.68. The van der Waals surface area contributed by atoms with E-state index >= 15 is 0 Å². The highest BCUT2D eigenvalue weighted by Gasteiger charge is 2.22. The fourth-order valence-electron chi connectivity index (χ4n) is 2.01. The number of rotatable bonds is 2. The van der Waals surface area contributed by atoms with E-state index in [0.717, 1.165) is 24.5 Å². The summed E-state index contributed by atoms with van der Waals surface area (Å²) in [5.74, 6) is 2.25. The zero-order valence-electron chi connectivity index (χ0n) is 9.25. The first-order valence-corrected chi connectivity index (χ1v) is 5.18. The molecule has 1 aliphatic heterocycles. The Bertz CT molecular complexity index is 382. The molecule has 1 aromatic rings. The molecule has 0 saturated carbocycles. The predicted molar refractivity (Wildman–Crippen MR) is 60.7 cm³/mol. The molecule has 0 bridgehead atoms. The summed E-state index contributed by atoms with van der Waals surface area (Å²) in [6, 6.07) is 5.96. The summed E-state index contributed by atoms with van der Waals surface area (Å²) in [5, 5.41) is 0. The van der Waals surface area contributed by atoms with Gasteiger partial charge in [0.05, 0.1) is 13.7 Å². The molecule has 0 aliphatic carbocycles. The summed E-state index contributed by atoms with van der Waals surface area (Å²) in [5.41, 5.74) is 2.39. The molecule has 2 nitrogen and oxygen atoms in total. The van der Waals surface area contributed by atoms with Gasteiger partial charge in [-0.3, -0.25) is 0 Å². The summed E-state index contributed by atoms with van der Waals surface area (Å²) in [6.07, 6.45) is 1.01. The van der Waals surface area contributed by atoms with Gasteiger partial charge in [0.15, 0.2) is 0 Å². The van der Waals surface area contributed by atoms with Crippen LogP contribution in [0.25, 0.3) is 0 Å². The van der Waals surface area contributed by atoms with Gasteiger partial charge in [-0.2, -0.15) is 0 Å². The number of hydrogen-bond acceptors (Lipinski definition) is 2. The fraction of sp³-hybridized carbons (Fsp3) is 0.385. The number of allylic oxidation sites excluding steroid dienone is 1. The second-order valence-electron chi connectivity index (χ2n) is 3.94. The lowest BCUT2D eigenvalue weighted by molar-refractivity contribution is 0.275. The van der Waals surface area contributed by atoms with Crippen LogP contribution in [0, 0.1) is 0 Å². The van der Waals surface area contributed by atoms with E-state index < -0.39 is 0 Å². The first-order valence-electron chi connectivity index (χ1n) is 5.18. The van der Waals surface area contributed by atoms with Crippen LogP contribution in [-0.4, -0.2) is 13.7 Å². The number of fused-ring (bicyclic) bond motifs is 1. The molecule has 1 atom stereocenters. The minimum Gasteiger partial charge on any atom is -0.497 e. The lowest BCUT2D eigenvalue weighted by Gasteiger charge is -2.26. The Labute approximate surface area is 90.5 Å². The second kappa shape index (κ2) is 3.97. The quantitative estimate of drug-likeness (QED) is 0.689. The van der Waals surface area contributed by atoms with Crippen LogP contribution in [0.2, 0.25) is 0 Å². The van der Waals surface area contributed by atoms with E-state index in [-0.39, 0.29) is 0 Å². The Balaban J connectivity index is 2.43. The van der Waals surface area contributed by atoms with Crippen LogP contribution in [0.5, 0.6) is 11.5 Å². The fourth-order valence-corrected chi connectivity index (χ4v) is 2.01. The van der Waals surface area contributed by atoms with Crippen LogP contribution >= 0.6 is 0 Å². The van der Waals surface area contributed by atoms with Crippen molar-refractivity contribution in [2.75, 3.05) is 13.7 Å². The highest BCUT2D eigenvalue weighted by molar-refractivity contribution is 5.46. The van der Waals surface area contributed by atoms with Crippen molar-refractivity contribution in [3.8, 4) is 11.5 Å². The van der Waals surface area contributed by atoms with Gasteiger partial charge < -0.3 is 9.47 Å². The molecule has 0 saturated heterocycles. The van der Waals surface area contributed by atoms with Gasteiger partial charge in [-0.25, -0.2) is 0 Å².